The van der Waals surface area contributed by atoms with Gasteiger partial charge >= 0.3 is 0 Å². The van der Waals surface area contributed by atoms with Gasteiger partial charge in [0.25, 0.3) is 0 Å². The number of nitrogens with zero attached hydrogens (tertiary/aromatic N) is 2. The second-order valence-corrected chi connectivity index (χ2v) is 3.76. The Kier molecular flexibility index (Phi) is 2.77. The van der Waals surface area contributed by atoms with Crippen LogP contribution >= 0.6 is 0 Å². The molecule has 0 saturated heterocycles. The van der Waals surface area contributed by atoms with Gasteiger partial charge in [-0.25, -0.2) is 8.78 Å². The Labute approximate surface area is 92.3 Å². The minimum atomic E-state index is -0.884. The molecule has 1 heterocycles. The maximum absolute atomic E-state index is 13.7. The van der Waals surface area contributed by atoms with E-state index in [0.29, 0.717) is 25.1 Å². The number of hydrogen-bond donors (Lipinski definition) is 0. The number of benzene rings is 1. The lowest BCUT2D eigenvalue weighted by molar-refractivity contribution is -0.106. The average Bonchev–Trinajstić information content (AvgIpc) is 2.27. The van der Waals surface area contributed by atoms with Gasteiger partial charge in [0.2, 0.25) is 0 Å². The highest BCUT2D eigenvalue weighted by Gasteiger charge is 2.25. The lowest BCUT2D eigenvalue weighted by Gasteiger charge is -2.36. The molecule has 0 N–H and O–H groups in total. The number of likely N-dealkylation sites (N-methyl/N-ethyl adjacent to an activating group) is 1. The van der Waals surface area contributed by atoms with Crippen LogP contribution in [0.25, 0.3) is 0 Å². The first kappa shape index (κ1) is 10.9. The third kappa shape index (κ3) is 1.62. The van der Waals surface area contributed by atoms with E-state index in [1.807, 2.05) is 11.9 Å². The molecule has 1 aromatic rings. The second kappa shape index (κ2) is 4.08. The minimum absolute atomic E-state index is 0.0845. The molecule has 0 aliphatic carbocycles. The van der Waals surface area contributed by atoms with Gasteiger partial charge in [-0.15, -0.1) is 0 Å². The normalized spacial score (nSPS) is 14.9. The zero-order chi connectivity index (χ0) is 11.7. The monoisotopic (exact) mass is 226 g/mol. The molecule has 16 heavy (non-hydrogen) atoms. The summed E-state index contributed by atoms with van der Waals surface area (Å²) in [6.45, 7) is 1.29. The molecule has 0 radical (unpaired) electrons. The van der Waals surface area contributed by atoms with E-state index in [0.717, 1.165) is 6.07 Å². The summed E-state index contributed by atoms with van der Waals surface area (Å²) in [5.41, 5.74) is 0.799. The third-order valence-electron chi connectivity index (χ3n) is 2.78. The molecule has 0 fully saturated rings. The van der Waals surface area contributed by atoms with Crippen LogP contribution in [-0.2, 0) is 4.79 Å². The van der Waals surface area contributed by atoms with E-state index in [1.54, 1.807) is 4.90 Å². The van der Waals surface area contributed by atoms with Crippen LogP contribution in [0.1, 0.15) is 0 Å². The van der Waals surface area contributed by atoms with E-state index in [-0.39, 0.29) is 12.2 Å². The van der Waals surface area contributed by atoms with Crippen molar-refractivity contribution in [3.8, 4) is 0 Å². The highest BCUT2D eigenvalue weighted by atomic mass is 19.2. The molecular formula is C11H12F2N2O. The van der Waals surface area contributed by atoms with Crippen molar-refractivity contribution in [1.82, 2.24) is 0 Å². The van der Waals surface area contributed by atoms with Gasteiger partial charge in [-0.2, -0.15) is 0 Å². The Morgan fingerprint density at radius 2 is 2.12 bits per heavy atom. The van der Waals surface area contributed by atoms with Crippen molar-refractivity contribution in [3.05, 3.63) is 23.8 Å². The first-order valence-electron chi connectivity index (χ1n) is 5.03. The van der Waals surface area contributed by atoms with Gasteiger partial charge in [0.15, 0.2) is 11.6 Å². The maximum atomic E-state index is 13.7. The van der Waals surface area contributed by atoms with E-state index in [1.165, 1.54) is 6.07 Å². The highest BCUT2D eigenvalue weighted by Crippen LogP contribution is 2.35. The molecule has 86 valence electrons. The summed E-state index contributed by atoms with van der Waals surface area (Å²) in [6.07, 6.45) is 0.694. The van der Waals surface area contributed by atoms with E-state index in [2.05, 4.69) is 0 Å². The molecule has 1 aromatic carbocycles. The van der Waals surface area contributed by atoms with Crippen LogP contribution in [0.3, 0.4) is 0 Å². The molecule has 0 saturated carbocycles. The lowest BCUT2D eigenvalue weighted by atomic mass is 10.1. The van der Waals surface area contributed by atoms with E-state index < -0.39 is 11.6 Å². The van der Waals surface area contributed by atoms with Gasteiger partial charge in [0.1, 0.15) is 12.0 Å². The molecule has 0 amide bonds. The zero-order valence-corrected chi connectivity index (χ0v) is 8.91. The Morgan fingerprint density at radius 3 is 2.81 bits per heavy atom. The van der Waals surface area contributed by atoms with Crippen LogP contribution in [0.4, 0.5) is 20.2 Å². The van der Waals surface area contributed by atoms with Gasteiger partial charge in [0, 0.05) is 20.1 Å². The molecule has 5 heteroatoms. The summed E-state index contributed by atoms with van der Waals surface area (Å²) in [5.74, 6) is -1.77. The maximum Gasteiger partial charge on any atom is 0.184 e. The molecule has 2 rings (SSSR count). The standard InChI is InChI=1S/C11H12F2N2O/c1-14-4-5-15(6-7-16)11-9(14)3-2-8(12)10(11)13/h2-3,7H,4-6H2,1H3. The van der Waals surface area contributed by atoms with Crippen LogP contribution in [0, 0.1) is 11.6 Å². The zero-order valence-electron chi connectivity index (χ0n) is 8.91. The molecule has 1 aliphatic rings. The number of carbonyl (C=O) groups is 1. The van der Waals surface area contributed by atoms with Crippen LogP contribution < -0.4 is 9.80 Å². The van der Waals surface area contributed by atoms with Crippen molar-refractivity contribution in [3.63, 3.8) is 0 Å². The average molecular weight is 226 g/mol. The van der Waals surface area contributed by atoms with Crippen LogP contribution in [0.2, 0.25) is 0 Å². The molecule has 0 bridgehead atoms. The molecule has 3 nitrogen and oxygen atoms in total. The van der Waals surface area contributed by atoms with Crippen LogP contribution in [0.5, 0.6) is 0 Å². The number of hydrogen-bond acceptors (Lipinski definition) is 3. The van der Waals surface area contributed by atoms with Gasteiger partial charge in [-0.05, 0) is 12.1 Å². The topological polar surface area (TPSA) is 23.6 Å². The number of rotatable bonds is 2. The fraction of sp³-hybridized carbons (Fsp3) is 0.364. The van der Waals surface area contributed by atoms with E-state index >= 15 is 0 Å². The third-order valence-corrected chi connectivity index (χ3v) is 2.78. The predicted octanol–water partition coefficient (Wildman–Crippen LogP) is 1.42. The fourth-order valence-electron chi connectivity index (χ4n) is 1.91. The first-order chi connectivity index (χ1) is 7.65. The van der Waals surface area contributed by atoms with Gasteiger partial charge < -0.3 is 14.6 Å². The Bertz CT molecular complexity index is 423. The van der Waals surface area contributed by atoms with Gasteiger partial charge in [-0.3, -0.25) is 0 Å². The minimum Gasteiger partial charge on any atom is -0.371 e. The van der Waals surface area contributed by atoms with Crippen LogP contribution in [0.15, 0.2) is 12.1 Å². The number of anilines is 2. The SMILES string of the molecule is CN1CCN(CC=O)c2c1ccc(F)c2F. The summed E-state index contributed by atoms with van der Waals surface area (Å²) < 4.78 is 26.8. The Balaban J connectivity index is 2.53. The van der Waals surface area contributed by atoms with Gasteiger partial charge in [-0.1, -0.05) is 0 Å². The van der Waals surface area contributed by atoms with Crippen molar-refractivity contribution in [2.45, 2.75) is 0 Å². The van der Waals surface area contributed by atoms with Crippen molar-refractivity contribution in [2.75, 3.05) is 36.5 Å². The smallest absolute Gasteiger partial charge is 0.184 e. The van der Waals surface area contributed by atoms with Crippen molar-refractivity contribution in [1.29, 1.82) is 0 Å². The summed E-state index contributed by atoms with van der Waals surface area (Å²) in [5, 5.41) is 0. The molecular weight excluding hydrogens is 214 g/mol. The van der Waals surface area contributed by atoms with Crippen molar-refractivity contribution >= 4 is 17.7 Å². The van der Waals surface area contributed by atoms with E-state index in [9.17, 15) is 13.6 Å². The number of halogens is 2. The van der Waals surface area contributed by atoms with Crippen molar-refractivity contribution < 1.29 is 13.6 Å². The molecule has 0 spiro atoms. The predicted molar refractivity (Wildman–Crippen MR) is 57.9 cm³/mol. The Morgan fingerprint density at radius 1 is 1.38 bits per heavy atom. The number of fused-ring (bicyclic) bond motifs is 1. The Hall–Kier alpha value is -1.65. The summed E-state index contributed by atoms with van der Waals surface area (Å²) in [6, 6.07) is 2.64. The first-order valence-corrected chi connectivity index (χ1v) is 5.03. The quantitative estimate of drug-likeness (QED) is 0.712. The lowest BCUT2D eigenvalue weighted by Crippen LogP contribution is -2.40. The van der Waals surface area contributed by atoms with Crippen LogP contribution in [-0.4, -0.2) is 33.0 Å². The number of carbonyl (C=O) groups excluding carboxylic acids is 1. The second-order valence-electron chi connectivity index (χ2n) is 3.76. The largest absolute Gasteiger partial charge is 0.371 e. The number of aldehydes is 1. The van der Waals surface area contributed by atoms with Gasteiger partial charge in [0.05, 0.1) is 12.2 Å². The molecule has 0 unspecified atom stereocenters. The fourth-order valence-corrected chi connectivity index (χ4v) is 1.91. The summed E-state index contributed by atoms with van der Waals surface area (Å²) >= 11 is 0. The molecule has 0 atom stereocenters. The summed E-state index contributed by atoms with van der Waals surface area (Å²) in [4.78, 5) is 13.9. The van der Waals surface area contributed by atoms with Crippen molar-refractivity contribution in [2.24, 2.45) is 0 Å². The highest BCUT2D eigenvalue weighted by molar-refractivity contribution is 5.76. The molecule has 1 aliphatic heterocycles. The summed E-state index contributed by atoms with van der Waals surface area (Å²) in [7, 11) is 1.81. The van der Waals surface area contributed by atoms with E-state index in [4.69, 9.17) is 0 Å². The molecule has 0 aromatic heterocycles.